The Balaban J connectivity index is 2.04. The van der Waals surface area contributed by atoms with Crippen LogP contribution in [0.25, 0.3) is 0 Å². The van der Waals surface area contributed by atoms with Crippen LogP contribution < -0.4 is 5.32 Å². The summed E-state index contributed by atoms with van der Waals surface area (Å²) in [6.45, 7) is 4.58. The molecule has 0 spiro atoms. The van der Waals surface area contributed by atoms with E-state index in [4.69, 9.17) is 0 Å². The summed E-state index contributed by atoms with van der Waals surface area (Å²) < 4.78 is 0. The van der Waals surface area contributed by atoms with Crippen molar-refractivity contribution in [2.45, 2.75) is 45.2 Å². The molecule has 1 N–H and O–H groups in total. The van der Waals surface area contributed by atoms with E-state index in [1.54, 1.807) is 17.0 Å². The number of rotatable bonds is 6. The summed E-state index contributed by atoms with van der Waals surface area (Å²) >= 11 is 0. The van der Waals surface area contributed by atoms with Crippen molar-refractivity contribution < 1.29 is 14.4 Å². The number of likely N-dealkylation sites (tertiary alicyclic amines) is 1. The third-order valence-electron chi connectivity index (χ3n) is 4.05. The van der Waals surface area contributed by atoms with Crippen LogP contribution in [0, 0.1) is 5.92 Å². The summed E-state index contributed by atoms with van der Waals surface area (Å²) in [5.41, 5.74) is 0.585. The van der Waals surface area contributed by atoms with Crippen LogP contribution >= 0.6 is 0 Å². The first-order chi connectivity index (χ1) is 11.0. The van der Waals surface area contributed by atoms with E-state index in [-0.39, 0.29) is 11.8 Å². The molecule has 1 aliphatic rings. The van der Waals surface area contributed by atoms with Gasteiger partial charge in [-0.3, -0.25) is 9.59 Å². The van der Waals surface area contributed by atoms with Gasteiger partial charge in [0.05, 0.1) is 6.04 Å². The predicted octanol–water partition coefficient (Wildman–Crippen LogP) is 2.02. The van der Waals surface area contributed by atoms with Crippen molar-refractivity contribution in [3.05, 3.63) is 35.9 Å². The molecule has 0 saturated carbocycles. The number of aldehydes is 1. The monoisotopic (exact) mass is 316 g/mol. The van der Waals surface area contributed by atoms with Gasteiger partial charge in [-0.2, -0.15) is 0 Å². The van der Waals surface area contributed by atoms with Gasteiger partial charge in [0.1, 0.15) is 12.3 Å². The Hall–Kier alpha value is -2.17. The molecule has 1 saturated heterocycles. The van der Waals surface area contributed by atoms with Gasteiger partial charge in [-0.25, -0.2) is 0 Å². The molecule has 2 atom stereocenters. The lowest BCUT2D eigenvalue weighted by atomic mass is 10.0. The molecule has 5 heteroatoms. The van der Waals surface area contributed by atoms with Crippen LogP contribution in [0.4, 0.5) is 0 Å². The molecule has 0 bridgehead atoms. The van der Waals surface area contributed by atoms with Gasteiger partial charge in [-0.1, -0.05) is 32.0 Å². The van der Waals surface area contributed by atoms with Gasteiger partial charge in [0.2, 0.25) is 5.91 Å². The number of benzene rings is 1. The Bertz CT molecular complexity index is 557. The van der Waals surface area contributed by atoms with Crippen molar-refractivity contribution in [3.8, 4) is 0 Å². The number of carbonyl (C=O) groups excluding carboxylic acids is 3. The molecule has 2 amide bonds. The molecule has 0 radical (unpaired) electrons. The van der Waals surface area contributed by atoms with Crippen molar-refractivity contribution in [1.82, 2.24) is 10.2 Å². The van der Waals surface area contributed by atoms with Gasteiger partial charge in [0.15, 0.2) is 0 Å². The molecule has 1 aromatic carbocycles. The van der Waals surface area contributed by atoms with Crippen LogP contribution in [0.3, 0.4) is 0 Å². The zero-order chi connectivity index (χ0) is 16.8. The lowest BCUT2D eigenvalue weighted by molar-refractivity contribution is -0.127. The van der Waals surface area contributed by atoms with E-state index >= 15 is 0 Å². The van der Waals surface area contributed by atoms with E-state index in [1.165, 1.54) is 0 Å². The van der Waals surface area contributed by atoms with Gasteiger partial charge >= 0.3 is 0 Å². The first kappa shape index (κ1) is 17.2. The van der Waals surface area contributed by atoms with Gasteiger partial charge in [0.25, 0.3) is 5.91 Å². The average Bonchev–Trinajstić information content (AvgIpc) is 3.03. The maximum Gasteiger partial charge on any atom is 0.254 e. The minimum absolute atomic E-state index is 0.130. The van der Waals surface area contributed by atoms with E-state index in [9.17, 15) is 14.4 Å². The van der Waals surface area contributed by atoms with Crippen molar-refractivity contribution in [2.24, 2.45) is 5.92 Å². The molecule has 1 aliphatic heterocycles. The number of hydrogen-bond acceptors (Lipinski definition) is 3. The fourth-order valence-corrected chi connectivity index (χ4v) is 2.96. The maximum atomic E-state index is 12.6. The minimum atomic E-state index is -0.489. The number of nitrogens with one attached hydrogen (secondary N) is 1. The summed E-state index contributed by atoms with van der Waals surface area (Å²) in [6.07, 6.45) is 2.81. The normalized spacial score (nSPS) is 18.7. The molecular formula is C18H24N2O3. The van der Waals surface area contributed by atoms with Crippen molar-refractivity contribution in [1.29, 1.82) is 0 Å². The third-order valence-corrected chi connectivity index (χ3v) is 4.05. The van der Waals surface area contributed by atoms with Crippen LogP contribution in [0.15, 0.2) is 30.3 Å². The summed E-state index contributed by atoms with van der Waals surface area (Å²) in [4.78, 5) is 37.8. The Kier molecular flexibility index (Phi) is 5.90. The summed E-state index contributed by atoms with van der Waals surface area (Å²) in [7, 11) is 0. The second-order valence-electron chi connectivity index (χ2n) is 6.40. The summed E-state index contributed by atoms with van der Waals surface area (Å²) in [6, 6.07) is 8.00. The zero-order valence-corrected chi connectivity index (χ0v) is 13.7. The first-order valence-electron chi connectivity index (χ1n) is 8.14. The largest absolute Gasteiger partial charge is 0.345 e. The second-order valence-corrected chi connectivity index (χ2v) is 6.40. The molecule has 0 unspecified atom stereocenters. The van der Waals surface area contributed by atoms with Gasteiger partial charge in [0, 0.05) is 12.1 Å². The molecule has 2 rings (SSSR count). The Morgan fingerprint density at radius 2 is 2.00 bits per heavy atom. The number of amides is 2. The first-order valence-corrected chi connectivity index (χ1v) is 8.14. The van der Waals surface area contributed by atoms with Gasteiger partial charge in [-0.15, -0.1) is 0 Å². The van der Waals surface area contributed by atoms with Gasteiger partial charge in [-0.05, 0) is 37.3 Å². The lowest BCUT2D eigenvalue weighted by Crippen LogP contribution is -2.49. The highest BCUT2D eigenvalue weighted by Gasteiger charge is 2.35. The Morgan fingerprint density at radius 3 is 2.61 bits per heavy atom. The van der Waals surface area contributed by atoms with Gasteiger partial charge < -0.3 is 15.0 Å². The summed E-state index contributed by atoms with van der Waals surface area (Å²) in [5, 5.41) is 2.78. The number of hydrogen-bond donors (Lipinski definition) is 1. The fourth-order valence-electron chi connectivity index (χ4n) is 2.96. The number of carbonyl (C=O) groups is 3. The van der Waals surface area contributed by atoms with Crippen molar-refractivity contribution in [3.63, 3.8) is 0 Å². The van der Waals surface area contributed by atoms with E-state index in [0.29, 0.717) is 30.9 Å². The highest BCUT2D eigenvalue weighted by Crippen LogP contribution is 2.20. The quantitative estimate of drug-likeness (QED) is 0.817. The molecule has 23 heavy (non-hydrogen) atoms. The Labute approximate surface area is 137 Å². The zero-order valence-electron chi connectivity index (χ0n) is 13.7. The molecule has 5 nitrogen and oxygen atoms in total. The van der Waals surface area contributed by atoms with Crippen LogP contribution in [0.5, 0.6) is 0 Å². The van der Waals surface area contributed by atoms with E-state index in [2.05, 4.69) is 5.32 Å². The Morgan fingerprint density at radius 1 is 1.30 bits per heavy atom. The van der Waals surface area contributed by atoms with E-state index < -0.39 is 12.1 Å². The summed E-state index contributed by atoms with van der Waals surface area (Å²) in [5.74, 6) is -0.0459. The highest BCUT2D eigenvalue weighted by molar-refractivity contribution is 5.98. The smallest absolute Gasteiger partial charge is 0.254 e. The van der Waals surface area contributed by atoms with E-state index in [0.717, 1.165) is 12.7 Å². The fraction of sp³-hybridized carbons (Fsp3) is 0.500. The molecule has 124 valence electrons. The maximum absolute atomic E-state index is 12.6. The van der Waals surface area contributed by atoms with E-state index in [1.807, 2.05) is 32.0 Å². The standard InChI is InChI=1S/C18H24N2O3/c1-13(2)11-15(12-21)19-17(22)16-9-6-10-20(16)18(23)14-7-4-3-5-8-14/h3-5,7-8,12-13,15-16H,6,9-11H2,1-2H3,(H,19,22)/t15-,16-/m0/s1. The second kappa shape index (κ2) is 7.90. The van der Waals surface area contributed by atoms with Crippen LogP contribution in [0.2, 0.25) is 0 Å². The van der Waals surface area contributed by atoms with Crippen molar-refractivity contribution >= 4 is 18.1 Å². The van der Waals surface area contributed by atoms with Crippen LogP contribution in [-0.2, 0) is 9.59 Å². The molecule has 1 fully saturated rings. The molecule has 1 heterocycles. The average molecular weight is 316 g/mol. The lowest BCUT2D eigenvalue weighted by Gasteiger charge is -2.25. The topological polar surface area (TPSA) is 66.5 Å². The highest BCUT2D eigenvalue weighted by atomic mass is 16.2. The molecular weight excluding hydrogens is 292 g/mol. The molecule has 0 aromatic heterocycles. The third kappa shape index (κ3) is 4.41. The molecule has 0 aliphatic carbocycles. The predicted molar refractivity (Wildman–Crippen MR) is 88.0 cm³/mol. The SMILES string of the molecule is CC(C)C[C@@H](C=O)NC(=O)[C@@H]1CCCN1C(=O)c1ccccc1. The van der Waals surface area contributed by atoms with Crippen LogP contribution in [0.1, 0.15) is 43.5 Å². The minimum Gasteiger partial charge on any atom is -0.345 e. The van der Waals surface area contributed by atoms with Crippen molar-refractivity contribution in [2.75, 3.05) is 6.54 Å². The molecule has 1 aromatic rings. The number of nitrogens with zero attached hydrogens (tertiary/aromatic N) is 1. The van der Waals surface area contributed by atoms with Crippen LogP contribution in [-0.4, -0.2) is 41.6 Å².